The first kappa shape index (κ1) is 15.9. The molecular weight excluding hydrogens is 310 g/mol. The zero-order chi connectivity index (χ0) is 17.4. The summed E-state index contributed by atoms with van der Waals surface area (Å²) in [5.74, 6) is 0.255. The van der Waals surface area contributed by atoms with Gasteiger partial charge in [0.1, 0.15) is 5.58 Å². The molecule has 1 unspecified atom stereocenters. The lowest BCUT2D eigenvalue weighted by Gasteiger charge is -2.19. The Morgan fingerprint density at radius 2 is 1.84 bits per heavy atom. The third-order valence-electron chi connectivity index (χ3n) is 5.27. The Hall–Kier alpha value is -2.55. The van der Waals surface area contributed by atoms with Crippen LogP contribution in [0, 0.1) is 6.92 Å². The van der Waals surface area contributed by atoms with Crippen LogP contribution in [0.1, 0.15) is 58.6 Å². The Morgan fingerprint density at radius 3 is 2.64 bits per heavy atom. The summed E-state index contributed by atoms with van der Waals surface area (Å²) < 4.78 is 5.78. The summed E-state index contributed by atoms with van der Waals surface area (Å²) in [5.41, 5.74) is 5.70. The van der Waals surface area contributed by atoms with Gasteiger partial charge in [-0.15, -0.1) is 0 Å². The van der Waals surface area contributed by atoms with E-state index in [2.05, 4.69) is 23.5 Å². The lowest BCUT2D eigenvalue weighted by atomic mass is 9.89. The van der Waals surface area contributed by atoms with Crippen LogP contribution in [0.4, 0.5) is 0 Å². The molecule has 0 fully saturated rings. The molecule has 0 bridgehead atoms. The van der Waals surface area contributed by atoms with Crippen molar-refractivity contribution in [2.24, 2.45) is 0 Å². The minimum atomic E-state index is -0.154. The van der Waals surface area contributed by atoms with Crippen molar-refractivity contribution in [2.75, 3.05) is 0 Å². The molecule has 128 valence electrons. The molecule has 0 radical (unpaired) electrons. The van der Waals surface area contributed by atoms with Crippen molar-refractivity contribution < 1.29 is 9.21 Å². The second-order valence-corrected chi connectivity index (χ2v) is 6.98. The van der Waals surface area contributed by atoms with Gasteiger partial charge in [-0.25, -0.2) is 0 Å². The van der Waals surface area contributed by atoms with E-state index in [9.17, 15) is 4.79 Å². The molecule has 0 aliphatic heterocycles. The van der Waals surface area contributed by atoms with Crippen molar-refractivity contribution >= 4 is 16.9 Å². The summed E-state index contributed by atoms with van der Waals surface area (Å²) in [6.45, 7) is 3.96. The van der Waals surface area contributed by atoms with Gasteiger partial charge >= 0.3 is 0 Å². The Balaban J connectivity index is 1.56. The Kier molecular flexibility index (Phi) is 4.08. The zero-order valence-electron chi connectivity index (χ0n) is 14.8. The topological polar surface area (TPSA) is 42.2 Å². The van der Waals surface area contributed by atoms with Gasteiger partial charge in [0, 0.05) is 10.9 Å². The quantitative estimate of drug-likeness (QED) is 0.723. The van der Waals surface area contributed by atoms with Crippen molar-refractivity contribution in [1.82, 2.24) is 5.32 Å². The van der Waals surface area contributed by atoms with E-state index in [-0.39, 0.29) is 11.9 Å². The molecule has 3 nitrogen and oxygen atoms in total. The molecule has 1 N–H and O–H groups in total. The standard InChI is InChI=1S/C22H23NO2/c1-14-19-9-5-6-10-20(19)25-21(14)22(24)23-15(2)17-12-11-16-7-3-4-8-18(16)13-17/h5-6,9-13,15H,3-4,7-8H2,1-2H3,(H,23,24). The van der Waals surface area contributed by atoms with Gasteiger partial charge in [-0.1, -0.05) is 36.4 Å². The number of rotatable bonds is 3. The maximum absolute atomic E-state index is 12.7. The number of hydrogen-bond acceptors (Lipinski definition) is 2. The first-order chi connectivity index (χ1) is 12.1. The number of hydrogen-bond donors (Lipinski definition) is 1. The monoisotopic (exact) mass is 333 g/mol. The zero-order valence-corrected chi connectivity index (χ0v) is 14.8. The van der Waals surface area contributed by atoms with Crippen LogP contribution in [0.2, 0.25) is 0 Å². The van der Waals surface area contributed by atoms with E-state index >= 15 is 0 Å². The van der Waals surface area contributed by atoms with E-state index in [1.807, 2.05) is 38.1 Å². The van der Waals surface area contributed by atoms with Crippen LogP contribution in [0.25, 0.3) is 11.0 Å². The van der Waals surface area contributed by atoms with Gasteiger partial charge in [0.15, 0.2) is 5.76 Å². The summed E-state index contributed by atoms with van der Waals surface area (Å²) in [5, 5.41) is 4.08. The summed E-state index contributed by atoms with van der Waals surface area (Å²) >= 11 is 0. The van der Waals surface area contributed by atoms with Crippen LogP contribution >= 0.6 is 0 Å². The van der Waals surface area contributed by atoms with E-state index < -0.39 is 0 Å². The third kappa shape index (κ3) is 2.95. The van der Waals surface area contributed by atoms with Crippen molar-refractivity contribution in [3.05, 3.63) is 70.5 Å². The summed E-state index contributed by atoms with van der Waals surface area (Å²) in [7, 11) is 0. The average Bonchev–Trinajstić information content (AvgIpc) is 2.98. The normalized spacial score (nSPS) is 15.0. The Labute approximate surface area is 148 Å². The third-order valence-corrected chi connectivity index (χ3v) is 5.27. The van der Waals surface area contributed by atoms with E-state index in [4.69, 9.17) is 4.42 Å². The fourth-order valence-corrected chi connectivity index (χ4v) is 3.76. The number of benzene rings is 2. The highest BCUT2D eigenvalue weighted by Crippen LogP contribution is 2.27. The number of aryl methyl sites for hydroxylation is 3. The fourth-order valence-electron chi connectivity index (χ4n) is 3.76. The first-order valence-corrected chi connectivity index (χ1v) is 9.04. The first-order valence-electron chi connectivity index (χ1n) is 9.04. The van der Waals surface area contributed by atoms with Gasteiger partial charge in [0.05, 0.1) is 6.04 Å². The second kappa shape index (κ2) is 6.40. The van der Waals surface area contributed by atoms with E-state index in [1.165, 1.54) is 30.4 Å². The number of carbonyl (C=O) groups excluding carboxylic acids is 1. The highest BCUT2D eigenvalue weighted by molar-refractivity contribution is 5.99. The highest BCUT2D eigenvalue weighted by Gasteiger charge is 2.20. The molecule has 1 atom stereocenters. The van der Waals surface area contributed by atoms with E-state index in [0.29, 0.717) is 5.76 Å². The lowest BCUT2D eigenvalue weighted by molar-refractivity contribution is 0.0913. The van der Waals surface area contributed by atoms with Crippen LogP contribution < -0.4 is 5.32 Å². The maximum atomic E-state index is 12.7. The molecule has 2 aromatic carbocycles. The molecule has 1 aliphatic rings. The number of carbonyl (C=O) groups is 1. The molecular formula is C22H23NO2. The molecule has 0 saturated heterocycles. The summed E-state index contributed by atoms with van der Waals surface area (Å²) in [6.07, 6.45) is 4.86. The molecule has 4 rings (SSSR count). The molecule has 0 spiro atoms. The predicted octanol–water partition coefficient (Wildman–Crippen LogP) is 5.11. The minimum Gasteiger partial charge on any atom is -0.451 e. The van der Waals surface area contributed by atoms with Crippen molar-refractivity contribution in [3.63, 3.8) is 0 Å². The van der Waals surface area contributed by atoms with Crippen LogP contribution in [-0.4, -0.2) is 5.91 Å². The van der Waals surface area contributed by atoms with Gasteiger partial charge in [-0.05, 0) is 62.3 Å². The number of amides is 1. The van der Waals surface area contributed by atoms with Crippen molar-refractivity contribution in [3.8, 4) is 0 Å². The lowest BCUT2D eigenvalue weighted by Crippen LogP contribution is -2.27. The fraction of sp³-hybridized carbons (Fsp3) is 0.318. The van der Waals surface area contributed by atoms with Gasteiger partial charge < -0.3 is 9.73 Å². The minimum absolute atomic E-state index is 0.0488. The summed E-state index contributed by atoms with van der Waals surface area (Å²) in [4.78, 5) is 12.7. The highest BCUT2D eigenvalue weighted by atomic mass is 16.3. The molecule has 1 amide bonds. The average molecular weight is 333 g/mol. The number of nitrogens with one attached hydrogen (secondary N) is 1. The number of furan rings is 1. The molecule has 3 aromatic rings. The SMILES string of the molecule is Cc1c(C(=O)NC(C)c2ccc3c(c2)CCCC3)oc2ccccc12. The van der Waals surface area contributed by atoms with Gasteiger partial charge in [0.25, 0.3) is 5.91 Å². The van der Waals surface area contributed by atoms with E-state index in [1.54, 1.807) is 0 Å². The van der Waals surface area contributed by atoms with Crippen LogP contribution in [-0.2, 0) is 12.8 Å². The number of fused-ring (bicyclic) bond motifs is 2. The molecule has 3 heteroatoms. The van der Waals surface area contributed by atoms with E-state index in [0.717, 1.165) is 28.5 Å². The van der Waals surface area contributed by atoms with Crippen LogP contribution in [0.3, 0.4) is 0 Å². The second-order valence-electron chi connectivity index (χ2n) is 6.98. The van der Waals surface area contributed by atoms with Crippen molar-refractivity contribution in [1.29, 1.82) is 0 Å². The van der Waals surface area contributed by atoms with Crippen LogP contribution in [0.5, 0.6) is 0 Å². The molecule has 1 aliphatic carbocycles. The Bertz CT molecular complexity index is 938. The largest absolute Gasteiger partial charge is 0.451 e. The van der Waals surface area contributed by atoms with Crippen molar-refractivity contribution in [2.45, 2.75) is 45.6 Å². The summed E-state index contributed by atoms with van der Waals surface area (Å²) in [6, 6.07) is 14.3. The van der Waals surface area contributed by atoms with Gasteiger partial charge in [-0.3, -0.25) is 4.79 Å². The number of para-hydroxylation sites is 1. The van der Waals surface area contributed by atoms with Crippen LogP contribution in [0.15, 0.2) is 46.9 Å². The van der Waals surface area contributed by atoms with Gasteiger partial charge in [0.2, 0.25) is 0 Å². The maximum Gasteiger partial charge on any atom is 0.287 e. The predicted molar refractivity (Wildman–Crippen MR) is 99.9 cm³/mol. The molecule has 1 heterocycles. The van der Waals surface area contributed by atoms with Gasteiger partial charge in [-0.2, -0.15) is 0 Å². The molecule has 25 heavy (non-hydrogen) atoms. The smallest absolute Gasteiger partial charge is 0.287 e. The molecule has 0 saturated carbocycles. The molecule has 1 aromatic heterocycles. The Morgan fingerprint density at radius 1 is 1.08 bits per heavy atom.